The van der Waals surface area contributed by atoms with Crippen LogP contribution in [0, 0.1) is 11.8 Å². The predicted molar refractivity (Wildman–Crippen MR) is 77.7 cm³/mol. The average Bonchev–Trinajstić information content (AvgIpc) is 2.26. The number of hydrogen-bond donors (Lipinski definition) is 1. The van der Waals surface area contributed by atoms with Gasteiger partial charge in [-0.1, -0.05) is 34.6 Å². The van der Waals surface area contributed by atoms with Gasteiger partial charge in [0.2, 0.25) is 0 Å². The lowest BCUT2D eigenvalue weighted by atomic mass is 10.1. The van der Waals surface area contributed by atoms with Crippen LogP contribution in [0.5, 0.6) is 0 Å². The molecule has 0 saturated heterocycles. The molecule has 1 aromatic rings. The van der Waals surface area contributed by atoms with Gasteiger partial charge in [0, 0.05) is 18.7 Å². The fraction of sp³-hybridized carbons (Fsp3) is 0.714. The third-order valence-corrected chi connectivity index (χ3v) is 2.78. The molecule has 0 atom stereocenters. The molecular weight excluding hydrogens is 224 g/mol. The second-order valence-corrected chi connectivity index (χ2v) is 5.61. The smallest absolute Gasteiger partial charge is 0.137 e. The van der Waals surface area contributed by atoms with Crippen LogP contribution in [-0.4, -0.2) is 23.1 Å². The first-order valence-electron chi connectivity index (χ1n) is 6.79. The van der Waals surface area contributed by atoms with Gasteiger partial charge in [-0.15, -0.1) is 0 Å². The topological polar surface area (TPSA) is 55.0 Å². The van der Waals surface area contributed by atoms with E-state index in [-0.39, 0.29) is 0 Å². The zero-order valence-corrected chi connectivity index (χ0v) is 12.3. The summed E-state index contributed by atoms with van der Waals surface area (Å²) in [5, 5.41) is 0. The van der Waals surface area contributed by atoms with E-state index in [0.29, 0.717) is 17.7 Å². The Balaban J connectivity index is 3.07. The lowest BCUT2D eigenvalue weighted by Gasteiger charge is -2.29. The molecule has 0 aliphatic heterocycles. The summed E-state index contributed by atoms with van der Waals surface area (Å²) >= 11 is 0. The molecular formula is C14H26N4. The predicted octanol–water partition coefficient (Wildman–Crippen LogP) is 2.74. The Hall–Kier alpha value is -1.32. The van der Waals surface area contributed by atoms with Crippen LogP contribution >= 0.6 is 0 Å². The summed E-state index contributed by atoms with van der Waals surface area (Å²) in [6, 6.07) is 0. The zero-order valence-electron chi connectivity index (χ0n) is 12.3. The summed E-state index contributed by atoms with van der Waals surface area (Å²) in [5.74, 6) is 2.82. The van der Waals surface area contributed by atoms with Gasteiger partial charge in [0.25, 0.3) is 0 Å². The first-order chi connectivity index (χ1) is 8.45. The third kappa shape index (κ3) is 3.86. The lowest BCUT2D eigenvalue weighted by Crippen LogP contribution is -2.33. The molecule has 0 saturated carbocycles. The van der Waals surface area contributed by atoms with Crippen LogP contribution < -0.4 is 10.6 Å². The molecule has 0 unspecified atom stereocenters. The van der Waals surface area contributed by atoms with Crippen LogP contribution in [0.1, 0.15) is 40.2 Å². The molecule has 0 bridgehead atoms. The molecule has 4 nitrogen and oxygen atoms in total. The lowest BCUT2D eigenvalue weighted by molar-refractivity contribution is 0.547. The van der Waals surface area contributed by atoms with Crippen LogP contribution in [-0.2, 0) is 6.42 Å². The molecule has 4 heteroatoms. The minimum absolute atomic E-state index is 0.602. The highest BCUT2D eigenvalue weighted by Gasteiger charge is 2.16. The van der Waals surface area contributed by atoms with Crippen molar-refractivity contribution >= 4 is 11.6 Å². The summed E-state index contributed by atoms with van der Waals surface area (Å²) < 4.78 is 0. The van der Waals surface area contributed by atoms with Crippen LogP contribution in [0.25, 0.3) is 0 Å². The summed E-state index contributed by atoms with van der Waals surface area (Å²) in [6.07, 6.45) is 2.44. The van der Waals surface area contributed by atoms with Gasteiger partial charge in [0.15, 0.2) is 0 Å². The van der Waals surface area contributed by atoms with Crippen molar-refractivity contribution in [1.29, 1.82) is 0 Å². The van der Waals surface area contributed by atoms with Crippen molar-refractivity contribution in [3.63, 3.8) is 0 Å². The first-order valence-corrected chi connectivity index (χ1v) is 6.79. The van der Waals surface area contributed by atoms with E-state index < -0.39 is 0 Å². The Kier molecular flexibility index (Phi) is 5.38. The van der Waals surface area contributed by atoms with E-state index in [4.69, 9.17) is 5.73 Å². The molecule has 0 amide bonds. The Morgan fingerprint density at radius 1 is 1.11 bits per heavy atom. The minimum atomic E-state index is 0.602. The van der Waals surface area contributed by atoms with Crippen LogP contribution in [0.15, 0.2) is 6.33 Å². The zero-order chi connectivity index (χ0) is 13.7. The monoisotopic (exact) mass is 250 g/mol. The Morgan fingerprint density at radius 3 is 2.11 bits per heavy atom. The third-order valence-electron chi connectivity index (χ3n) is 2.78. The molecule has 1 heterocycles. The molecule has 0 aliphatic carbocycles. The maximum Gasteiger partial charge on any atom is 0.137 e. The quantitative estimate of drug-likeness (QED) is 0.843. The fourth-order valence-corrected chi connectivity index (χ4v) is 2.16. The van der Waals surface area contributed by atoms with E-state index in [1.54, 1.807) is 6.33 Å². The molecule has 0 fully saturated rings. The molecule has 0 aliphatic rings. The molecule has 0 radical (unpaired) electrons. The second-order valence-electron chi connectivity index (χ2n) is 5.61. The summed E-state index contributed by atoms with van der Waals surface area (Å²) in [7, 11) is 0. The molecule has 1 rings (SSSR count). The number of hydrogen-bond acceptors (Lipinski definition) is 4. The van der Waals surface area contributed by atoms with Crippen molar-refractivity contribution in [1.82, 2.24) is 9.97 Å². The van der Waals surface area contributed by atoms with Gasteiger partial charge < -0.3 is 10.6 Å². The van der Waals surface area contributed by atoms with E-state index in [1.807, 2.05) is 0 Å². The molecule has 102 valence electrons. The molecule has 18 heavy (non-hydrogen) atoms. The van der Waals surface area contributed by atoms with Crippen molar-refractivity contribution in [3.05, 3.63) is 11.9 Å². The number of nitrogens with two attached hydrogens (primary N) is 1. The number of rotatable bonds is 6. The summed E-state index contributed by atoms with van der Waals surface area (Å²) in [4.78, 5) is 10.9. The van der Waals surface area contributed by atoms with Crippen molar-refractivity contribution in [2.24, 2.45) is 11.8 Å². The molecule has 1 aromatic heterocycles. The van der Waals surface area contributed by atoms with Crippen molar-refractivity contribution in [3.8, 4) is 0 Å². The van der Waals surface area contributed by atoms with Gasteiger partial charge in [0.1, 0.15) is 18.0 Å². The van der Waals surface area contributed by atoms with Gasteiger partial charge in [-0.3, -0.25) is 0 Å². The minimum Gasteiger partial charge on any atom is -0.383 e. The first kappa shape index (κ1) is 14.7. The second kappa shape index (κ2) is 6.57. The highest BCUT2D eigenvalue weighted by molar-refractivity contribution is 5.56. The highest BCUT2D eigenvalue weighted by Crippen LogP contribution is 2.23. The van der Waals surface area contributed by atoms with Gasteiger partial charge in [-0.05, 0) is 18.3 Å². The number of nitrogens with zero attached hydrogens (tertiary/aromatic N) is 3. The van der Waals surface area contributed by atoms with E-state index in [0.717, 1.165) is 30.9 Å². The fourth-order valence-electron chi connectivity index (χ4n) is 2.16. The molecule has 2 N–H and O–H groups in total. The number of nitrogen functional groups attached to an aromatic ring is 1. The summed E-state index contributed by atoms with van der Waals surface area (Å²) in [5.41, 5.74) is 7.02. The largest absolute Gasteiger partial charge is 0.383 e. The highest BCUT2D eigenvalue weighted by atomic mass is 15.2. The van der Waals surface area contributed by atoms with Crippen LogP contribution in [0.2, 0.25) is 0 Å². The Morgan fingerprint density at radius 2 is 1.67 bits per heavy atom. The van der Waals surface area contributed by atoms with E-state index >= 15 is 0 Å². The maximum absolute atomic E-state index is 5.95. The standard InChI is InChI=1S/C14H26N4/c1-6-12-13(15)16-9-17-14(12)18(7-10(2)3)8-11(4)5/h9-11H,6-8H2,1-5H3,(H2,15,16,17). The van der Waals surface area contributed by atoms with Crippen LogP contribution in [0.3, 0.4) is 0 Å². The van der Waals surface area contributed by atoms with Gasteiger partial charge in [-0.25, -0.2) is 9.97 Å². The maximum atomic E-state index is 5.95. The molecule has 0 aromatic carbocycles. The summed E-state index contributed by atoms with van der Waals surface area (Å²) in [6.45, 7) is 13.0. The van der Waals surface area contributed by atoms with Crippen molar-refractivity contribution in [2.45, 2.75) is 41.0 Å². The van der Waals surface area contributed by atoms with E-state index in [9.17, 15) is 0 Å². The van der Waals surface area contributed by atoms with Gasteiger partial charge in [-0.2, -0.15) is 0 Å². The van der Waals surface area contributed by atoms with E-state index in [2.05, 4.69) is 49.5 Å². The molecule has 0 spiro atoms. The van der Waals surface area contributed by atoms with Gasteiger partial charge >= 0.3 is 0 Å². The number of aromatic nitrogens is 2. The Bertz CT molecular complexity index is 364. The average molecular weight is 250 g/mol. The van der Waals surface area contributed by atoms with Gasteiger partial charge in [0.05, 0.1) is 0 Å². The normalized spacial score (nSPS) is 11.3. The van der Waals surface area contributed by atoms with Crippen molar-refractivity contribution in [2.75, 3.05) is 23.7 Å². The number of anilines is 2. The van der Waals surface area contributed by atoms with Crippen LogP contribution in [0.4, 0.5) is 11.6 Å². The van der Waals surface area contributed by atoms with E-state index in [1.165, 1.54) is 0 Å². The van der Waals surface area contributed by atoms with Crippen molar-refractivity contribution < 1.29 is 0 Å². The Labute approximate surface area is 111 Å². The SMILES string of the molecule is CCc1c(N)ncnc1N(CC(C)C)CC(C)C.